The van der Waals surface area contributed by atoms with Crippen LogP contribution in [0, 0.1) is 0 Å². The number of rotatable bonds is 12. The second-order valence-electron chi connectivity index (χ2n) is 6.54. The molecule has 0 aromatic carbocycles. The van der Waals surface area contributed by atoms with Crippen molar-refractivity contribution in [2.24, 2.45) is 0 Å². The van der Waals surface area contributed by atoms with Crippen LogP contribution in [0.3, 0.4) is 0 Å². The maximum absolute atomic E-state index is 12.2. The molecule has 0 aliphatic rings. The molecule has 1 N–H and O–H groups in total. The highest BCUT2D eigenvalue weighted by molar-refractivity contribution is 7.87. The fraction of sp³-hybridized carbons (Fsp3) is 1.00. The van der Waals surface area contributed by atoms with Gasteiger partial charge in [-0.2, -0.15) is 47.9 Å². The van der Waals surface area contributed by atoms with Gasteiger partial charge < -0.3 is 0 Å². The topological polar surface area (TPSA) is 54.4 Å². The molecule has 0 amide bonds. The highest BCUT2D eigenvalue weighted by Crippen LogP contribution is 2.54. The standard InChI is InChI=1S/C12H27P.C4HF9O3S/c1-4-7-10-13(11-8-5-2)12-9-6-3;5-1(6,3(9,10)11)2(7,8)4(12,13)17(14,15)16/h4-12H2,1-3H3;(H,14,15,16). The highest BCUT2D eigenvalue weighted by atomic mass is 32.2. The van der Waals surface area contributed by atoms with Crippen LogP contribution in [0.2, 0.25) is 0 Å². The van der Waals surface area contributed by atoms with Crippen molar-refractivity contribution in [2.45, 2.75) is 82.6 Å². The van der Waals surface area contributed by atoms with E-state index in [0.717, 1.165) is 0 Å². The Labute approximate surface area is 172 Å². The summed E-state index contributed by atoms with van der Waals surface area (Å²) in [5.41, 5.74) is 0. The molecule has 0 bridgehead atoms. The van der Waals surface area contributed by atoms with Crippen molar-refractivity contribution in [2.75, 3.05) is 18.5 Å². The van der Waals surface area contributed by atoms with Gasteiger partial charge in [0, 0.05) is 0 Å². The zero-order chi connectivity index (χ0) is 24.4. The van der Waals surface area contributed by atoms with Crippen molar-refractivity contribution in [3.8, 4) is 0 Å². The largest absolute Gasteiger partial charge is 0.460 e. The lowest BCUT2D eigenvalue weighted by Crippen LogP contribution is -2.63. The molecule has 0 atom stereocenters. The van der Waals surface area contributed by atoms with Crippen LogP contribution in [0.5, 0.6) is 0 Å². The van der Waals surface area contributed by atoms with Crippen LogP contribution < -0.4 is 0 Å². The van der Waals surface area contributed by atoms with Gasteiger partial charge in [0.15, 0.2) is 0 Å². The summed E-state index contributed by atoms with van der Waals surface area (Å²) in [5.74, 6) is -14.7. The number of hydrogen-bond acceptors (Lipinski definition) is 2. The minimum atomic E-state index is -7.37. The van der Waals surface area contributed by atoms with E-state index in [9.17, 15) is 47.9 Å². The van der Waals surface area contributed by atoms with Gasteiger partial charge in [0.2, 0.25) is 0 Å². The molecule has 0 aromatic heterocycles. The second kappa shape index (κ2) is 12.7. The van der Waals surface area contributed by atoms with Gasteiger partial charge in [0.05, 0.1) is 0 Å². The minimum Gasteiger partial charge on any atom is -0.281 e. The zero-order valence-electron chi connectivity index (χ0n) is 16.9. The average molecular weight is 502 g/mol. The van der Waals surface area contributed by atoms with E-state index in [1.165, 1.54) is 38.5 Å². The molecule has 184 valence electrons. The van der Waals surface area contributed by atoms with E-state index >= 15 is 0 Å². The zero-order valence-corrected chi connectivity index (χ0v) is 18.6. The molecule has 0 spiro atoms. The fourth-order valence-corrected chi connectivity index (χ4v) is 5.42. The van der Waals surface area contributed by atoms with Crippen molar-refractivity contribution in [3.63, 3.8) is 0 Å². The van der Waals surface area contributed by atoms with Crippen molar-refractivity contribution < 1.29 is 52.5 Å². The molecule has 0 saturated carbocycles. The Morgan fingerprint density at radius 1 is 0.667 bits per heavy atom. The van der Waals surface area contributed by atoms with Gasteiger partial charge in [0.25, 0.3) is 0 Å². The Balaban J connectivity index is 0. The maximum Gasteiger partial charge on any atom is 0.460 e. The van der Waals surface area contributed by atoms with E-state index in [1.807, 2.05) is 0 Å². The Hall–Kier alpha value is -0.290. The summed E-state index contributed by atoms with van der Waals surface area (Å²) >= 11 is 0. The number of halogens is 9. The summed E-state index contributed by atoms with van der Waals surface area (Å²) in [6.07, 6.45) is 6.08. The van der Waals surface area contributed by atoms with Gasteiger partial charge in [-0.25, -0.2) is 0 Å². The Kier molecular flexibility index (Phi) is 13.5. The first-order chi connectivity index (χ1) is 13.3. The average Bonchev–Trinajstić information content (AvgIpc) is 2.59. The van der Waals surface area contributed by atoms with Crippen LogP contribution in [0.4, 0.5) is 39.5 Å². The third-order valence-corrected chi connectivity index (χ3v) is 7.67. The maximum atomic E-state index is 12.2. The van der Waals surface area contributed by atoms with Crippen molar-refractivity contribution >= 4 is 18.0 Å². The molecule has 0 aromatic rings. The fourth-order valence-electron chi connectivity index (χ4n) is 2.00. The normalized spacial score (nSPS) is 13.9. The van der Waals surface area contributed by atoms with Crippen LogP contribution in [0.15, 0.2) is 0 Å². The first kappa shape index (κ1) is 31.9. The van der Waals surface area contributed by atoms with Gasteiger partial charge in [0.1, 0.15) is 0 Å². The van der Waals surface area contributed by atoms with Gasteiger partial charge in [-0.05, 0) is 37.7 Å². The molecule has 0 aliphatic carbocycles. The Morgan fingerprint density at radius 2 is 0.967 bits per heavy atom. The first-order valence-corrected chi connectivity index (χ1v) is 12.6. The van der Waals surface area contributed by atoms with Crippen LogP contribution in [-0.4, -0.2) is 54.7 Å². The quantitative estimate of drug-likeness (QED) is 0.175. The molecule has 0 fully saturated rings. The molecule has 14 heteroatoms. The summed E-state index contributed by atoms with van der Waals surface area (Å²) in [5, 5.41) is -7.00. The Morgan fingerprint density at radius 3 is 1.17 bits per heavy atom. The number of alkyl halides is 9. The smallest absolute Gasteiger partial charge is 0.281 e. The van der Waals surface area contributed by atoms with Crippen LogP contribution >= 0.6 is 7.92 Å². The lowest BCUT2D eigenvalue weighted by atomic mass is 10.1. The molecule has 30 heavy (non-hydrogen) atoms. The highest BCUT2D eigenvalue weighted by Gasteiger charge is 2.85. The molecule has 0 rings (SSSR count). The van der Waals surface area contributed by atoms with Crippen molar-refractivity contribution in [1.29, 1.82) is 0 Å². The number of hydrogen-bond donors (Lipinski definition) is 1. The molecular weight excluding hydrogens is 474 g/mol. The predicted molar refractivity (Wildman–Crippen MR) is 98.7 cm³/mol. The summed E-state index contributed by atoms with van der Waals surface area (Å²) in [6.45, 7) is 6.94. The number of unbranched alkanes of at least 4 members (excludes halogenated alkanes) is 3. The summed E-state index contributed by atoms with van der Waals surface area (Å²) in [4.78, 5) is 0. The van der Waals surface area contributed by atoms with E-state index in [4.69, 9.17) is 4.55 Å². The molecule has 0 aliphatic heterocycles. The van der Waals surface area contributed by atoms with E-state index in [-0.39, 0.29) is 0 Å². The molecule has 0 unspecified atom stereocenters. The van der Waals surface area contributed by atoms with Crippen LogP contribution in [0.1, 0.15) is 59.3 Å². The monoisotopic (exact) mass is 502 g/mol. The van der Waals surface area contributed by atoms with E-state index in [2.05, 4.69) is 20.8 Å². The van der Waals surface area contributed by atoms with Gasteiger partial charge in [-0.15, -0.1) is 7.92 Å². The lowest BCUT2D eigenvalue weighted by Gasteiger charge is -2.31. The Bertz CT molecular complexity index is 562. The van der Waals surface area contributed by atoms with E-state index < -0.39 is 33.4 Å². The molecule has 0 saturated heterocycles. The first-order valence-electron chi connectivity index (χ1n) is 9.24. The predicted octanol–water partition coefficient (Wildman–Crippen LogP) is 7.17. The molecule has 0 radical (unpaired) electrons. The van der Waals surface area contributed by atoms with Gasteiger partial charge in [-0.1, -0.05) is 40.0 Å². The second-order valence-corrected chi connectivity index (χ2v) is 10.7. The molecule has 3 nitrogen and oxygen atoms in total. The summed E-state index contributed by atoms with van der Waals surface area (Å²) in [7, 11) is -6.75. The van der Waals surface area contributed by atoms with E-state index in [1.54, 1.807) is 18.5 Å². The molecule has 0 heterocycles. The third kappa shape index (κ3) is 8.68. The summed E-state index contributed by atoms with van der Waals surface area (Å²) < 4.78 is 134. The van der Waals surface area contributed by atoms with Crippen LogP contribution in [-0.2, 0) is 10.1 Å². The van der Waals surface area contributed by atoms with Crippen molar-refractivity contribution in [3.05, 3.63) is 0 Å². The van der Waals surface area contributed by atoms with E-state index in [0.29, 0.717) is 7.92 Å². The van der Waals surface area contributed by atoms with Gasteiger partial charge in [-0.3, -0.25) is 4.55 Å². The SMILES string of the molecule is CCCCP(CCCC)CCCC.O=S(=O)(O)C(F)(F)C(F)(F)C(F)(F)C(F)(F)F. The molecular formula is C16H28F9O3PS. The van der Waals surface area contributed by atoms with Crippen LogP contribution in [0.25, 0.3) is 0 Å². The lowest BCUT2D eigenvalue weighted by molar-refractivity contribution is -0.382. The minimum absolute atomic E-state index is 0.422. The third-order valence-electron chi connectivity index (χ3n) is 3.92. The van der Waals surface area contributed by atoms with Crippen molar-refractivity contribution in [1.82, 2.24) is 0 Å². The summed E-state index contributed by atoms with van der Waals surface area (Å²) in [6, 6.07) is 0. The van der Waals surface area contributed by atoms with Gasteiger partial charge >= 0.3 is 33.4 Å².